The third-order valence-corrected chi connectivity index (χ3v) is 10.4. The van der Waals surface area contributed by atoms with Gasteiger partial charge in [-0.05, 0) is 24.4 Å². The van der Waals surface area contributed by atoms with E-state index in [4.69, 9.17) is 13.9 Å². The van der Waals surface area contributed by atoms with Gasteiger partial charge in [0.25, 0.3) is 5.56 Å². The molecule has 10 heteroatoms. The minimum atomic E-state index is -2.26. The summed E-state index contributed by atoms with van der Waals surface area (Å²) in [5, 5.41) is 10.8. The summed E-state index contributed by atoms with van der Waals surface area (Å²) in [6.07, 6.45) is 0.206. The fourth-order valence-corrected chi connectivity index (χ4v) is 4.27. The summed E-state index contributed by atoms with van der Waals surface area (Å²) in [6, 6.07) is 1.25. The summed E-state index contributed by atoms with van der Waals surface area (Å²) < 4.78 is 19.3. The topological polar surface area (TPSA) is 103 Å². The van der Waals surface area contributed by atoms with Crippen molar-refractivity contribution in [2.24, 2.45) is 0 Å². The van der Waals surface area contributed by atoms with Crippen LogP contribution in [0.5, 0.6) is 0 Å². The molecule has 0 bridgehead atoms. The van der Waals surface area contributed by atoms with Crippen LogP contribution in [-0.2, 0) is 13.9 Å². The number of H-pyrrole nitrogens is 1. The van der Waals surface area contributed by atoms with Gasteiger partial charge in [0, 0.05) is 18.0 Å². The van der Waals surface area contributed by atoms with E-state index in [0.717, 1.165) is 5.75 Å². The van der Waals surface area contributed by atoms with Crippen molar-refractivity contribution in [1.29, 1.82) is 0 Å². The van der Waals surface area contributed by atoms with Crippen molar-refractivity contribution >= 4 is 20.1 Å². The second-order valence-electron chi connectivity index (χ2n) is 8.48. The molecule has 1 aliphatic rings. The molecule has 2 heterocycles. The van der Waals surface area contributed by atoms with Gasteiger partial charge in [0.05, 0.1) is 13.2 Å². The zero-order valence-corrected chi connectivity index (χ0v) is 19.2. The quantitative estimate of drug-likeness (QED) is 0.475. The lowest BCUT2D eigenvalue weighted by Crippen LogP contribution is -2.49. The molecule has 1 unspecified atom stereocenters. The normalized spacial score (nSPS) is 26.0. The Hall–Kier alpha value is -0.913. The van der Waals surface area contributed by atoms with Gasteiger partial charge >= 0.3 is 5.69 Å². The van der Waals surface area contributed by atoms with E-state index < -0.39 is 44.1 Å². The number of aliphatic hydroxyl groups is 1. The van der Waals surface area contributed by atoms with Crippen LogP contribution in [0.4, 0.5) is 0 Å². The molecule has 8 nitrogen and oxygen atoms in total. The molecule has 160 valence electrons. The van der Waals surface area contributed by atoms with Gasteiger partial charge < -0.3 is 19.0 Å². The van der Waals surface area contributed by atoms with Crippen LogP contribution >= 0.6 is 11.8 Å². The summed E-state index contributed by atoms with van der Waals surface area (Å²) >= 11 is 1.67. The molecule has 1 aromatic heterocycles. The number of nitrogens with zero attached hydrogens (tertiary/aromatic N) is 1. The van der Waals surface area contributed by atoms with Gasteiger partial charge in [-0.1, -0.05) is 20.8 Å². The monoisotopic (exact) mass is 432 g/mol. The third kappa shape index (κ3) is 5.36. The van der Waals surface area contributed by atoms with E-state index in [2.05, 4.69) is 38.8 Å². The Morgan fingerprint density at radius 3 is 2.61 bits per heavy atom. The molecule has 4 atom stereocenters. The molecular formula is C18H32N2O6SSi. The molecule has 1 aliphatic heterocycles. The molecule has 2 N–H and O–H groups in total. The molecule has 0 amide bonds. The zero-order valence-electron chi connectivity index (χ0n) is 17.4. The summed E-state index contributed by atoms with van der Waals surface area (Å²) in [6.45, 7) is 11.2. The number of hydrogen-bond donors (Lipinski definition) is 2. The van der Waals surface area contributed by atoms with E-state index in [1.807, 2.05) is 6.26 Å². The molecule has 0 radical (unpaired) electrons. The Kier molecular flexibility index (Phi) is 7.74. The van der Waals surface area contributed by atoms with Gasteiger partial charge in [-0.15, -0.1) is 0 Å². The van der Waals surface area contributed by atoms with E-state index in [-0.39, 0.29) is 11.6 Å². The predicted molar refractivity (Wildman–Crippen MR) is 113 cm³/mol. The summed E-state index contributed by atoms with van der Waals surface area (Å²) in [5.74, 6) is 0.843. The average Bonchev–Trinajstić information content (AvgIpc) is 2.87. The molecule has 1 fully saturated rings. The predicted octanol–water partition coefficient (Wildman–Crippen LogP) is 1.56. The second-order valence-corrected chi connectivity index (χ2v) is 14.2. The van der Waals surface area contributed by atoms with Crippen LogP contribution in [-0.4, -0.2) is 66.5 Å². The van der Waals surface area contributed by atoms with Crippen LogP contribution in [0.15, 0.2) is 21.9 Å². The maximum absolute atomic E-state index is 12.3. The zero-order chi connectivity index (χ0) is 21.1. The maximum Gasteiger partial charge on any atom is 0.330 e. The number of aliphatic hydroxyl groups excluding tert-OH is 1. The van der Waals surface area contributed by atoms with Crippen LogP contribution in [0.1, 0.15) is 27.0 Å². The minimum absolute atomic E-state index is 0.0832. The Morgan fingerprint density at radius 1 is 1.36 bits per heavy atom. The van der Waals surface area contributed by atoms with E-state index in [9.17, 15) is 14.7 Å². The van der Waals surface area contributed by atoms with Crippen LogP contribution in [0.3, 0.4) is 0 Å². The van der Waals surface area contributed by atoms with Crippen LogP contribution in [0, 0.1) is 0 Å². The van der Waals surface area contributed by atoms with Crippen molar-refractivity contribution in [2.75, 3.05) is 25.2 Å². The lowest BCUT2D eigenvalue weighted by atomic mass is 10.1. The van der Waals surface area contributed by atoms with Gasteiger partial charge in [0.2, 0.25) is 0 Å². The number of ether oxygens (including phenoxy) is 2. The van der Waals surface area contributed by atoms with Crippen LogP contribution in [0.25, 0.3) is 0 Å². The molecule has 28 heavy (non-hydrogen) atoms. The fraction of sp³-hybridized carbons (Fsp3) is 0.778. The molecule has 2 rings (SSSR count). The number of aromatic amines is 1. The van der Waals surface area contributed by atoms with Gasteiger partial charge in [-0.25, -0.2) is 4.79 Å². The molecule has 0 aliphatic carbocycles. The second kappa shape index (κ2) is 9.27. The van der Waals surface area contributed by atoms with Crippen molar-refractivity contribution in [1.82, 2.24) is 9.55 Å². The van der Waals surface area contributed by atoms with Crippen molar-refractivity contribution in [3.63, 3.8) is 0 Å². The summed E-state index contributed by atoms with van der Waals surface area (Å²) in [7, 11) is -2.26. The van der Waals surface area contributed by atoms with Gasteiger partial charge in [-0.3, -0.25) is 14.3 Å². The molecule has 1 saturated heterocycles. The van der Waals surface area contributed by atoms with E-state index in [1.54, 1.807) is 11.8 Å². The van der Waals surface area contributed by atoms with Crippen molar-refractivity contribution < 1.29 is 19.0 Å². The molecule has 1 aromatic rings. The molecule has 0 spiro atoms. The number of nitrogens with one attached hydrogen (secondary N) is 1. The van der Waals surface area contributed by atoms with Crippen molar-refractivity contribution in [2.45, 2.75) is 63.4 Å². The summed E-state index contributed by atoms with van der Waals surface area (Å²) in [5.41, 5.74) is -1.09. The Bertz CT molecular complexity index is 759. The highest BCUT2D eigenvalue weighted by Crippen LogP contribution is 2.41. The highest BCUT2D eigenvalue weighted by Gasteiger charge is 2.50. The summed E-state index contributed by atoms with van der Waals surface area (Å²) in [4.78, 5) is 26.0. The number of aromatic nitrogens is 2. The lowest BCUT2D eigenvalue weighted by molar-refractivity contribution is -0.0657. The first-order valence-electron chi connectivity index (χ1n) is 9.37. The van der Waals surface area contributed by atoms with Crippen LogP contribution < -0.4 is 11.2 Å². The fourth-order valence-electron chi connectivity index (χ4n) is 2.69. The standard InChI is InChI=1S/C18H32N2O6SSi/c1-18(2,3)28(5,6)26-15-14(22)12(11-24-9-10-27-4)25-16(15)20-8-7-13(21)19-17(20)23/h7-8,12,14-16,22H,9-11H2,1-6H3,(H,19,21,23)/t12-,14?,15-,16-/m1/s1. The SMILES string of the molecule is CSCCOC[C@H]1O[C@@H](n2ccc(=O)[nH]c2=O)[C@H](O[Si](C)(C)C(C)(C)C)C1O. The third-order valence-electron chi connectivity index (χ3n) is 5.39. The Morgan fingerprint density at radius 2 is 2.04 bits per heavy atom. The first kappa shape index (κ1) is 23.4. The van der Waals surface area contributed by atoms with Gasteiger partial charge in [-0.2, -0.15) is 11.8 Å². The highest BCUT2D eigenvalue weighted by atomic mass is 32.2. The smallest absolute Gasteiger partial charge is 0.330 e. The molecular weight excluding hydrogens is 400 g/mol. The van der Waals surface area contributed by atoms with E-state index in [1.165, 1.54) is 16.8 Å². The molecule has 0 aromatic carbocycles. The Balaban J connectivity index is 2.30. The first-order valence-corrected chi connectivity index (χ1v) is 13.7. The maximum atomic E-state index is 12.3. The largest absolute Gasteiger partial charge is 0.407 e. The Labute approximate surface area is 170 Å². The lowest BCUT2D eigenvalue weighted by Gasteiger charge is -2.40. The highest BCUT2D eigenvalue weighted by molar-refractivity contribution is 7.98. The van der Waals surface area contributed by atoms with E-state index in [0.29, 0.717) is 6.61 Å². The first-order chi connectivity index (χ1) is 13.0. The number of rotatable bonds is 8. The van der Waals surface area contributed by atoms with Crippen LogP contribution in [0.2, 0.25) is 18.1 Å². The number of hydrogen-bond acceptors (Lipinski definition) is 7. The van der Waals surface area contributed by atoms with E-state index >= 15 is 0 Å². The molecule has 0 saturated carbocycles. The van der Waals surface area contributed by atoms with Crippen molar-refractivity contribution in [3.05, 3.63) is 33.1 Å². The van der Waals surface area contributed by atoms with Gasteiger partial charge in [0.15, 0.2) is 14.5 Å². The minimum Gasteiger partial charge on any atom is -0.407 e. The average molecular weight is 433 g/mol. The van der Waals surface area contributed by atoms with Gasteiger partial charge in [0.1, 0.15) is 18.3 Å². The van der Waals surface area contributed by atoms with Crippen molar-refractivity contribution in [3.8, 4) is 0 Å². The number of thioether (sulfide) groups is 1.